The number of nitrogens with one attached hydrogen (secondary N) is 1. The van der Waals surface area contributed by atoms with Crippen molar-refractivity contribution in [3.8, 4) is 22.8 Å². The van der Waals surface area contributed by atoms with Crippen molar-refractivity contribution in [1.29, 1.82) is 0 Å². The highest BCUT2D eigenvalue weighted by atomic mass is 79.9. The van der Waals surface area contributed by atoms with Crippen LogP contribution in [0.2, 0.25) is 0 Å². The first-order valence-electron chi connectivity index (χ1n) is 14.2. The summed E-state index contributed by atoms with van der Waals surface area (Å²) in [5.41, 5.74) is 3.97. The van der Waals surface area contributed by atoms with Crippen LogP contribution < -0.4 is 0 Å². The molecule has 0 amide bonds. The molecule has 244 valence electrons. The Morgan fingerprint density at radius 2 is 1.38 bits per heavy atom. The lowest BCUT2D eigenvalue weighted by atomic mass is 10.1. The second-order valence-corrected chi connectivity index (χ2v) is 11.8. The summed E-state index contributed by atoms with van der Waals surface area (Å²) in [6.45, 7) is 6.30. The van der Waals surface area contributed by atoms with Gasteiger partial charge in [-0.15, -0.1) is 0 Å². The van der Waals surface area contributed by atoms with Crippen molar-refractivity contribution in [2.75, 3.05) is 0 Å². The van der Waals surface area contributed by atoms with E-state index >= 15 is 0 Å². The second kappa shape index (κ2) is 17.2. The lowest BCUT2D eigenvalue weighted by Crippen LogP contribution is -2.03. The first-order chi connectivity index (χ1) is 22.7. The van der Waals surface area contributed by atoms with Crippen LogP contribution in [0.5, 0.6) is 0 Å². The standard InChI is InChI=1S/C16H14BrFN4O.C10H7FN2O.C6H8Br2N2/c1-2-22-15(17)12(8-20-22)9-21-6-5-19-16(21)14-4-3-13(18)7-11(14)10-23;11-8-1-2-9(7(5-8)6-14)10-12-3-4-13-10;1-2-10-6(8)5(3-7)4-9-10/h3-8,10H,2,9H2,1H3;1-6H,(H,12,13);4H,2-3H2,1H3. The summed E-state index contributed by atoms with van der Waals surface area (Å²) in [5, 5.41) is 9.29. The van der Waals surface area contributed by atoms with Gasteiger partial charge in [0.15, 0.2) is 12.6 Å². The highest BCUT2D eigenvalue weighted by molar-refractivity contribution is 9.11. The summed E-state index contributed by atoms with van der Waals surface area (Å²) in [5.74, 6) is 0.304. The van der Waals surface area contributed by atoms with Crippen LogP contribution in [-0.2, 0) is 25.0 Å². The number of halogens is 5. The largest absolute Gasteiger partial charge is 0.345 e. The van der Waals surface area contributed by atoms with E-state index in [9.17, 15) is 18.4 Å². The molecule has 0 aliphatic rings. The van der Waals surface area contributed by atoms with E-state index in [1.165, 1.54) is 35.9 Å². The molecule has 0 bridgehead atoms. The Morgan fingerprint density at radius 3 is 1.89 bits per heavy atom. The Labute approximate surface area is 294 Å². The number of rotatable bonds is 9. The molecule has 10 nitrogen and oxygen atoms in total. The number of imidazole rings is 2. The van der Waals surface area contributed by atoms with E-state index in [4.69, 9.17) is 0 Å². The van der Waals surface area contributed by atoms with E-state index in [-0.39, 0.29) is 5.56 Å². The van der Waals surface area contributed by atoms with Gasteiger partial charge in [0.25, 0.3) is 0 Å². The predicted octanol–water partition coefficient (Wildman–Crippen LogP) is 8.12. The van der Waals surface area contributed by atoms with Gasteiger partial charge >= 0.3 is 0 Å². The summed E-state index contributed by atoms with van der Waals surface area (Å²) in [7, 11) is 0. The van der Waals surface area contributed by atoms with Gasteiger partial charge in [0.1, 0.15) is 32.5 Å². The minimum Gasteiger partial charge on any atom is -0.345 e. The second-order valence-electron chi connectivity index (χ2n) is 9.70. The lowest BCUT2D eigenvalue weighted by Gasteiger charge is -2.09. The number of aryl methyl sites for hydroxylation is 2. The van der Waals surface area contributed by atoms with E-state index < -0.39 is 11.6 Å². The van der Waals surface area contributed by atoms with E-state index in [1.807, 2.05) is 33.2 Å². The smallest absolute Gasteiger partial charge is 0.150 e. The maximum atomic E-state index is 13.3. The van der Waals surface area contributed by atoms with Crippen LogP contribution in [0.3, 0.4) is 0 Å². The van der Waals surface area contributed by atoms with Crippen molar-refractivity contribution < 1.29 is 18.4 Å². The van der Waals surface area contributed by atoms with Gasteiger partial charge in [0, 0.05) is 76.6 Å². The van der Waals surface area contributed by atoms with Gasteiger partial charge in [-0.3, -0.25) is 19.0 Å². The van der Waals surface area contributed by atoms with Gasteiger partial charge in [-0.1, -0.05) is 15.9 Å². The minimum atomic E-state index is -0.444. The normalized spacial score (nSPS) is 10.5. The summed E-state index contributed by atoms with van der Waals surface area (Å²) in [4.78, 5) is 33.0. The van der Waals surface area contributed by atoms with Crippen molar-refractivity contribution in [2.24, 2.45) is 0 Å². The summed E-state index contributed by atoms with van der Waals surface area (Å²) in [6, 6.07) is 8.12. The Morgan fingerprint density at radius 1 is 0.809 bits per heavy atom. The molecular weight excluding hydrogens is 806 g/mol. The predicted molar refractivity (Wildman–Crippen MR) is 185 cm³/mol. The topological polar surface area (TPSA) is 116 Å². The van der Waals surface area contributed by atoms with E-state index in [0.717, 1.165) is 33.2 Å². The Balaban J connectivity index is 0.000000177. The number of H-pyrrole nitrogens is 1. The van der Waals surface area contributed by atoms with Crippen LogP contribution in [-0.4, -0.2) is 51.7 Å². The highest BCUT2D eigenvalue weighted by Crippen LogP contribution is 2.25. The maximum Gasteiger partial charge on any atom is 0.150 e. The van der Waals surface area contributed by atoms with Gasteiger partial charge in [-0.25, -0.2) is 18.7 Å². The number of carbonyl (C=O) groups excluding carboxylic acids is 2. The van der Waals surface area contributed by atoms with Crippen molar-refractivity contribution in [3.05, 3.63) is 117 Å². The Kier molecular flexibility index (Phi) is 13.1. The molecule has 15 heteroatoms. The van der Waals surface area contributed by atoms with Gasteiger partial charge < -0.3 is 9.55 Å². The third kappa shape index (κ3) is 8.84. The Hall–Kier alpha value is -4.08. The Bertz CT molecular complexity index is 1910. The molecule has 4 heterocycles. The van der Waals surface area contributed by atoms with Crippen LogP contribution in [0.15, 0.2) is 82.8 Å². The zero-order valence-corrected chi connectivity index (χ0v) is 30.0. The van der Waals surface area contributed by atoms with Crippen LogP contribution in [0.25, 0.3) is 22.8 Å². The monoisotopic (exact) mass is 832 g/mol. The molecule has 0 spiro atoms. The lowest BCUT2D eigenvalue weighted by molar-refractivity contribution is 0.111. The SMILES string of the molecule is CCn1ncc(CBr)c1Br.CCn1ncc(Cn2ccnc2-c2ccc(F)cc2C=O)c1Br.O=Cc1cc(F)ccc1-c1ncc[nH]1. The number of nitrogens with zero attached hydrogens (tertiary/aromatic N) is 7. The van der Waals surface area contributed by atoms with Crippen molar-refractivity contribution in [3.63, 3.8) is 0 Å². The third-order valence-electron chi connectivity index (χ3n) is 6.76. The number of aromatic nitrogens is 8. The molecule has 4 aromatic heterocycles. The molecule has 0 fully saturated rings. The molecule has 0 aliphatic heterocycles. The molecule has 0 saturated heterocycles. The van der Waals surface area contributed by atoms with Crippen molar-refractivity contribution in [2.45, 2.75) is 38.8 Å². The fourth-order valence-electron chi connectivity index (χ4n) is 4.41. The molecule has 0 saturated carbocycles. The fourth-order valence-corrected chi connectivity index (χ4v) is 6.35. The molecule has 1 N–H and O–H groups in total. The van der Waals surface area contributed by atoms with Gasteiger partial charge in [-0.05, 0) is 82.1 Å². The summed E-state index contributed by atoms with van der Waals surface area (Å²) in [6.07, 6.45) is 11.6. The fraction of sp³-hybridized carbons (Fsp3) is 0.188. The molecule has 6 rings (SSSR count). The number of carbonyl (C=O) groups is 2. The molecule has 2 aromatic carbocycles. The minimum absolute atomic E-state index is 0.278. The van der Waals surface area contributed by atoms with Crippen molar-refractivity contribution >= 4 is 60.4 Å². The molecule has 0 unspecified atom stereocenters. The quantitative estimate of drug-likeness (QED) is 0.116. The third-order valence-corrected chi connectivity index (χ3v) is 9.21. The first kappa shape index (κ1) is 35.8. The average molecular weight is 835 g/mol. The van der Waals surface area contributed by atoms with Crippen LogP contribution in [0, 0.1) is 11.6 Å². The van der Waals surface area contributed by atoms with E-state index in [1.54, 1.807) is 30.9 Å². The molecule has 0 radical (unpaired) electrons. The van der Waals surface area contributed by atoms with Crippen molar-refractivity contribution in [1.82, 2.24) is 39.1 Å². The summed E-state index contributed by atoms with van der Waals surface area (Å²) >= 11 is 10.3. The van der Waals surface area contributed by atoms with Gasteiger partial charge in [0.2, 0.25) is 0 Å². The van der Waals surface area contributed by atoms with Gasteiger partial charge in [-0.2, -0.15) is 10.2 Å². The number of aromatic amines is 1. The zero-order chi connectivity index (χ0) is 33.9. The molecule has 47 heavy (non-hydrogen) atoms. The zero-order valence-electron chi connectivity index (χ0n) is 25.2. The molecule has 6 aromatic rings. The van der Waals surface area contributed by atoms with E-state index in [2.05, 4.69) is 79.9 Å². The molecular formula is C32H29Br3F2N8O2. The number of hydrogen-bond acceptors (Lipinski definition) is 6. The maximum absolute atomic E-state index is 13.3. The van der Waals surface area contributed by atoms with Crippen LogP contribution in [0.4, 0.5) is 8.78 Å². The number of alkyl halides is 1. The number of benzene rings is 2. The van der Waals surface area contributed by atoms with E-state index in [0.29, 0.717) is 47.5 Å². The number of aldehydes is 2. The van der Waals surface area contributed by atoms with Gasteiger partial charge in [0.05, 0.1) is 18.9 Å². The average Bonchev–Trinajstić information content (AvgIpc) is 3.91. The number of hydrogen-bond donors (Lipinski definition) is 1. The summed E-state index contributed by atoms with van der Waals surface area (Å²) < 4.78 is 33.8. The highest BCUT2D eigenvalue weighted by Gasteiger charge is 2.14. The first-order valence-corrected chi connectivity index (χ1v) is 16.9. The van der Waals surface area contributed by atoms with Crippen LogP contribution >= 0.6 is 47.8 Å². The molecule has 0 aliphatic carbocycles. The molecule has 0 atom stereocenters. The van der Waals surface area contributed by atoms with Crippen LogP contribution in [0.1, 0.15) is 45.7 Å².